The Labute approximate surface area is 325 Å². The highest BCUT2D eigenvalue weighted by Crippen LogP contribution is 2.33. The van der Waals surface area contributed by atoms with Gasteiger partial charge in [0.05, 0.1) is 46.2 Å². The predicted molar refractivity (Wildman–Crippen MR) is 209 cm³/mol. The first-order chi connectivity index (χ1) is 26.7. The number of carbonyl (C=O) groups excluding carboxylic acids is 2. The first-order valence-corrected chi connectivity index (χ1v) is 19.0. The summed E-state index contributed by atoms with van der Waals surface area (Å²) in [6.45, 7) is 6.93. The lowest BCUT2D eigenvalue weighted by atomic mass is 9.91. The van der Waals surface area contributed by atoms with Crippen LogP contribution in [-0.2, 0) is 64.4 Å². The SMILES string of the molecule is COC(=O)[C@H](CCC[C@@H]1O[C@H](COCc2ccccc2)[C@@H](OCc2ccccc2)[C@H](OCc2ccccc2)[C@H]1OCc1ccccc1)NC(=O)OC(C)(C)C. The summed E-state index contributed by atoms with van der Waals surface area (Å²) < 4.78 is 44.1. The van der Waals surface area contributed by atoms with Crippen molar-refractivity contribution in [3.8, 4) is 0 Å². The van der Waals surface area contributed by atoms with E-state index in [2.05, 4.69) is 5.32 Å². The van der Waals surface area contributed by atoms with E-state index in [9.17, 15) is 9.59 Å². The molecule has 4 aromatic rings. The smallest absolute Gasteiger partial charge is 0.408 e. The molecule has 1 aliphatic rings. The van der Waals surface area contributed by atoms with E-state index in [1.807, 2.05) is 121 Å². The van der Waals surface area contributed by atoms with Gasteiger partial charge in [0, 0.05) is 0 Å². The molecule has 1 amide bonds. The molecule has 1 saturated heterocycles. The molecule has 0 radical (unpaired) electrons. The van der Waals surface area contributed by atoms with E-state index in [1.54, 1.807) is 20.8 Å². The van der Waals surface area contributed by atoms with Crippen LogP contribution in [0.2, 0.25) is 0 Å². The van der Waals surface area contributed by atoms with Crippen molar-refractivity contribution in [3.05, 3.63) is 144 Å². The number of nitrogens with one attached hydrogen (secondary N) is 1. The number of amides is 1. The minimum Gasteiger partial charge on any atom is -0.467 e. The van der Waals surface area contributed by atoms with Gasteiger partial charge in [-0.1, -0.05) is 121 Å². The summed E-state index contributed by atoms with van der Waals surface area (Å²) in [4.78, 5) is 25.5. The fourth-order valence-electron chi connectivity index (χ4n) is 6.48. The van der Waals surface area contributed by atoms with Gasteiger partial charge in [0.2, 0.25) is 0 Å². The highest BCUT2D eigenvalue weighted by Gasteiger charge is 2.48. The lowest BCUT2D eigenvalue weighted by Gasteiger charge is -2.46. The zero-order chi connectivity index (χ0) is 38.9. The molecule has 1 aliphatic heterocycles. The van der Waals surface area contributed by atoms with Crippen LogP contribution >= 0.6 is 0 Å². The standard InChI is InChI=1S/C45H55NO9/c1-45(2,3)55-44(48)46-37(43(47)49-4)26-17-27-38-40(51-29-34-20-11-6-12-21-34)42(53-31-36-24-15-8-16-25-36)41(52-30-35-22-13-7-14-23-35)39(54-38)32-50-28-33-18-9-5-10-19-33/h5-16,18-25,37-42H,17,26-32H2,1-4H3,(H,46,48)/t37-,38-,39+,40-,41+,42+/m0/s1. The summed E-state index contributed by atoms with van der Waals surface area (Å²) in [6, 6.07) is 39.1. The second kappa shape index (κ2) is 21.5. The van der Waals surface area contributed by atoms with E-state index in [4.69, 9.17) is 33.2 Å². The zero-order valence-corrected chi connectivity index (χ0v) is 32.3. The molecule has 6 atom stereocenters. The van der Waals surface area contributed by atoms with Crippen molar-refractivity contribution < 1.29 is 42.7 Å². The van der Waals surface area contributed by atoms with Crippen LogP contribution in [0.5, 0.6) is 0 Å². The third-order valence-electron chi connectivity index (χ3n) is 9.14. The molecule has 0 unspecified atom stereocenters. The Morgan fingerprint density at radius 2 is 1.07 bits per heavy atom. The highest BCUT2D eigenvalue weighted by atomic mass is 16.6. The van der Waals surface area contributed by atoms with E-state index >= 15 is 0 Å². The average molecular weight is 754 g/mol. The predicted octanol–water partition coefficient (Wildman–Crippen LogP) is 7.96. The largest absolute Gasteiger partial charge is 0.467 e. The van der Waals surface area contributed by atoms with Crippen LogP contribution in [0.25, 0.3) is 0 Å². The number of rotatable bonds is 19. The van der Waals surface area contributed by atoms with Crippen molar-refractivity contribution in [2.45, 2.75) is 109 Å². The van der Waals surface area contributed by atoms with Gasteiger partial charge in [-0.2, -0.15) is 0 Å². The van der Waals surface area contributed by atoms with Crippen LogP contribution < -0.4 is 5.32 Å². The second-order valence-electron chi connectivity index (χ2n) is 14.7. The second-order valence-corrected chi connectivity index (χ2v) is 14.7. The molecule has 0 saturated carbocycles. The summed E-state index contributed by atoms with van der Waals surface area (Å²) >= 11 is 0. The average Bonchev–Trinajstić information content (AvgIpc) is 3.19. The molecule has 55 heavy (non-hydrogen) atoms. The molecule has 4 aromatic carbocycles. The Bertz CT molecular complexity index is 1690. The van der Waals surface area contributed by atoms with Crippen molar-refractivity contribution >= 4 is 12.1 Å². The number of hydrogen-bond acceptors (Lipinski definition) is 9. The van der Waals surface area contributed by atoms with E-state index in [1.165, 1.54) is 7.11 Å². The molecule has 0 bridgehead atoms. The fourth-order valence-corrected chi connectivity index (χ4v) is 6.48. The number of hydrogen-bond donors (Lipinski definition) is 1. The summed E-state index contributed by atoms with van der Waals surface area (Å²) in [5, 5.41) is 2.69. The first kappa shape index (κ1) is 41.6. The number of ether oxygens (including phenoxy) is 7. The Kier molecular flexibility index (Phi) is 16.2. The van der Waals surface area contributed by atoms with Gasteiger partial charge in [-0.25, -0.2) is 9.59 Å². The fraction of sp³-hybridized carbons (Fsp3) is 0.422. The lowest BCUT2D eigenvalue weighted by molar-refractivity contribution is -0.273. The van der Waals surface area contributed by atoms with Gasteiger partial charge >= 0.3 is 12.1 Å². The van der Waals surface area contributed by atoms with E-state index < -0.39 is 54.2 Å². The number of methoxy groups -OCH3 is 1. The third kappa shape index (κ3) is 13.9. The van der Waals surface area contributed by atoms with Crippen LogP contribution in [0.4, 0.5) is 4.79 Å². The minimum atomic E-state index is -0.913. The van der Waals surface area contributed by atoms with Gasteiger partial charge in [-0.05, 0) is 62.3 Å². The molecule has 1 fully saturated rings. The Balaban J connectivity index is 1.42. The molecule has 294 valence electrons. The maximum Gasteiger partial charge on any atom is 0.408 e. The Hall–Kier alpha value is -4.58. The maximum absolute atomic E-state index is 12.8. The molecule has 10 heteroatoms. The van der Waals surface area contributed by atoms with Crippen LogP contribution in [0.3, 0.4) is 0 Å². The summed E-state index contributed by atoms with van der Waals surface area (Å²) in [6.07, 6.45) is -2.12. The molecule has 0 aliphatic carbocycles. The third-order valence-corrected chi connectivity index (χ3v) is 9.14. The number of benzene rings is 4. The van der Waals surface area contributed by atoms with Crippen LogP contribution in [-0.4, -0.2) is 67.9 Å². The van der Waals surface area contributed by atoms with Crippen LogP contribution in [0, 0.1) is 0 Å². The molecule has 10 nitrogen and oxygen atoms in total. The van der Waals surface area contributed by atoms with Gasteiger partial charge in [0.15, 0.2) is 0 Å². The summed E-state index contributed by atoms with van der Waals surface area (Å²) in [5.74, 6) is -0.557. The molecule has 0 aromatic heterocycles. The van der Waals surface area contributed by atoms with Crippen molar-refractivity contribution in [2.24, 2.45) is 0 Å². The number of esters is 1. The van der Waals surface area contributed by atoms with Gasteiger partial charge in [0.1, 0.15) is 36.1 Å². The molecule has 1 heterocycles. The number of alkyl carbamates (subject to hydrolysis) is 1. The molecular formula is C45H55NO9. The molecule has 0 spiro atoms. The first-order valence-electron chi connectivity index (χ1n) is 19.0. The lowest BCUT2D eigenvalue weighted by Crippen LogP contribution is -2.61. The molecule has 1 N–H and O–H groups in total. The van der Waals surface area contributed by atoms with Crippen molar-refractivity contribution in [1.82, 2.24) is 5.32 Å². The molecule has 5 rings (SSSR count). The maximum atomic E-state index is 12.8. The normalized spacial score (nSPS) is 20.3. The van der Waals surface area contributed by atoms with Crippen molar-refractivity contribution in [3.63, 3.8) is 0 Å². The van der Waals surface area contributed by atoms with Crippen molar-refractivity contribution in [1.29, 1.82) is 0 Å². The molecular weight excluding hydrogens is 698 g/mol. The quantitative estimate of drug-likeness (QED) is 0.0954. The van der Waals surface area contributed by atoms with E-state index in [0.29, 0.717) is 39.3 Å². The van der Waals surface area contributed by atoms with Crippen LogP contribution in [0.15, 0.2) is 121 Å². The minimum absolute atomic E-state index is 0.242. The zero-order valence-electron chi connectivity index (χ0n) is 32.3. The van der Waals surface area contributed by atoms with Gasteiger partial charge < -0.3 is 38.5 Å². The topological polar surface area (TPSA) is 111 Å². The highest BCUT2D eigenvalue weighted by molar-refractivity contribution is 5.81. The van der Waals surface area contributed by atoms with Crippen molar-refractivity contribution in [2.75, 3.05) is 13.7 Å². The van der Waals surface area contributed by atoms with Crippen LogP contribution in [0.1, 0.15) is 62.3 Å². The van der Waals surface area contributed by atoms with Gasteiger partial charge in [0.25, 0.3) is 0 Å². The summed E-state index contributed by atoms with van der Waals surface area (Å²) in [5.41, 5.74) is 3.35. The Morgan fingerprint density at radius 3 is 1.53 bits per heavy atom. The Morgan fingerprint density at radius 1 is 0.636 bits per heavy atom. The van der Waals surface area contributed by atoms with Gasteiger partial charge in [-0.3, -0.25) is 0 Å². The van der Waals surface area contributed by atoms with E-state index in [0.717, 1.165) is 22.3 Å². The monoisotopic (exact) mass is 753 g/mol. The van der Waals surface area contributed by atoms with Gasteiger partial charge in [-0.15, -0.1) is 0 Å². The van der Waals surface area contributed by atoms with E-state index in [-0.39, 0.29) is 13.0 Å². The summed E-state index contributed by atoms with van der Waals surface area (Å²) in [7, 11) is 1.30. The number of carbonyl (C=O) groups is 2.